The molecule has 4 nitrogen and oxygen atoms in total. The van der Waals surface area contributed by atoms with Gasteiger partial charge in [0.15, 0.2) is 0 Å². The van der Waals surface area contributed by atoms with Crippen molar-refractivity contribution in [3.05, 3.63) is 46.4 Å². The fraction of sp³-hybridized carbons (Fsp3) is 0.444. The smallest absolute Gasteiger partial charge is 0.227 e. The van der Waals surface area contributed by atoms with Crippen molar-refractivity contribution in [3.8, 4) is 0 Å². The molecule has 0 bridgehead atoms. The Hall–Kier alpha value is -1.72. The van der Waals surface area contributed by atoms with Gasteiger partial charge in [0.2, 0.25) is 5.91 Å². The topological polar surface area (TPSA) is 36.4 Å². The highest BCUT2D eigenvalue weighted by atomic mass is 32.1. The van der Waals surface area contributed by atoms with Crippen LogP contribution in [0.25, 0.3) is 0 Å². The third-order valence-electron chi connectivity index (χ3n) is 4.97. The average molecular weight is 327 g/mol. The molecule has 5 heteroatoms. The van der Waals surface area contributed by atoms with Crippen LogP contribution in [0.2, 0.25) is 0 Å². The number of carbonyl (C=O) groups is 1. The number of nitrogens with zero attached hydrogens (tertiary/aromatic N) is 3. The standard InChI is InChI=1S/C18H21N3OS/c1-14-4-5-16(23-14)11-20-8-6-18(12-20)9-17(22)21(13-18)15-3-2-7-19-10-15/h2-5,7,10H,6,8-9,11-13H2,1H3. The zero-order valence-electron chi connectivity index (χ0n) is 13.4. The van der Waals surface area contributed by atoms with Gasteiger partial charge in [-0.05, 0) is 44.2 Å². The summed E-state index contributed by atoms with van der Waals surface area (Å²) in [6.07, 6.45) is 5.32. The molecule has 23 heavy (non-hydrogen) atoms. The Labute approximate surface area is 140 Å². The quantitative estimate of drug-likeness (QED) is 0.869. The third-order valence-corrected chi connectivity index (χ3v) is 5.96. The molecule has 2 aliphatic rings. The number of hydrogen-bond donors (Lipinski definition) is 0. The summed E-state index contributed by atoms with van der Waals surface area (Å²) >= 11 is 1.88. The number of likely N-dealkylation sites (tertiary alicyclic amines) is 1. The first-order chi connectivity index (χ1) is 11.1. The zero-order valence-corrected chi connectivity index (χ0v) is 14.2. The molecule has 1 amide bonds. The number of aryl methyl sites for hydroxylation is 1. The van der Waals surface area contributed by atoms with E-state index in [0.717, 1.165) is 38.3 Å². The second-order valence-electron chi connectivity index (χ2n) is 6.84. The van der Waals surface area contributed by atoms with Crippen molar-refractivity contribution in [2.24, 2.45) is 5.41 Å². The first kappa shape index (κ1) is 14.8. The van der Waals surface area contributed by atoms with Crippen LogP contribution in [0, 0.1) is 12.3 Å². The monoisotopic (exact) mass is 327 g/mol. The van der Waals surface area contributed by atoms with Gasteiger partial charge < -0.3 is 4.90 Å². The minimum absolute atomic E-state index is 0.124. The lowest BCUT2D eigenvalue weighted by molar-refractivity contribution is -0.117. The molecule has 2 aliphatic heterocycles. The van der Waals surface area contributed by atoms with Crippen LogP contribution in [0.1, 0.15) is 22.6 Å². The molecule has 0 N–H and O–H groups in total. The summed E-state index contributed by atoms with van der Waals surface area (Å²) in [5.41, 5.74) is 1.06. The van der Waals surface area contributed by atoms with Gasteiger partial charge >= 0.3 is 0 Å². The number of anilines is 1. The molecule has 1 spiro atoms. The Morgan fingerprint density at radius 2 is 2.22 bits per heavy atom. The van der Waals surface area contributed by atoms with Crippen LogP contribution in [0.15, 0.2) is 36.7 Å². The molecule has 120 valence electrons. The van der Waals surface area contributed by atoms with E-state index in [-0.39, 0.29) is 11.3 Å². The van der Waals surface area contributed by atoms with Crippen LogP contribution in [0.5, 0.6) is 0 Å². The molecule has 1 unspecified atom stereocenters. The maximum Gasteiger partial charge on any atom is 0.227 e. The molecule has 4 heterocycles. The maximum atomic E-state index is 12.5. The van der Waals surface area contributed by atoms with E-state index >= 15 is 0 Å². The fourth-order valence-corrected chi connectivity index (χ4v) is 4.80. The lowest BCUT2D eigenvalue weighted by Gasteiger charge is -2.24. The molecular formula is C18H21N3OS. The van der Waals surface area contributed by atoms with Gasteiger partial charge in [-0.15, -0.1) is 11.3 Å². The first-order valence-corrected chi connectivity index (χ1v) is 8.93. The summed E-state index contributed by atoms with van der Waals surface area (Å²) in [5, 5.41) is 0. The van der Waals surface area contributed by atoms with Gasteiger partial charge in [0.05, 0.1) is 11.9 Å². The van der Waals surface area contributed by atoms with Gasteiger partial charge in [-0.25, -0.2) is 0 Å². The van der Waals surface area contributed by atoms with E-state index in [4.69, 9.17) is 0 Å². The molecule has 2 aromatic heterocycles. The molecule has 0 radical (unpaired) electrons. The number of hydrogen-bond acceptors (Lipinski definition) is 4. The van der Waals surface area contributed by atoms with E-state index in [1.807, 2.05) is 28.4 Å². The van der Waals surface area contributed by atoms with Gasteiger partial charge in [0.25, 0.3) is 0 Å². The van der Waals surface area contributed by atoms with Gasteiger partial charge in [-0.1, -0.05) is 0 Å². The molecule has 2 aromatic rings. The van der Waals surface area contributed by atoms with Crippen molar-refractivity contribution >= 4 is 22.9 Å². The minimum atomic E-state index is 0.124. The third kappa shape index (κ3) is 2.91. The Balaban J connectivity index is 1.45. The predicted molar refractivity (Wildman–Crippen MR) is 92.6 cm³/mol. The number of thiophene rings is 1. The Kier molecular flexibility index (Phi) is 3.70. The highest BCUT2D eigenvalue weighted by molar-refractivity contribution is 7.11. The van der Waals surface area contributed by atoms with Gasteiger partial charge in [-0.3, -0.25) is 14.7 Å². The number of amides is 1. The summed E-state index contributed by atoms with van der Waals surface area (Å²) < 4.78 is 0. The second kappa shape index (κ2) is 5.73. The number of pyridine rings is 1. The average Bonchev–Trinajstić information content (AvgIpc) is 3.22. The maximum absolute atomic E-state index is 12.5. The highest BCUT2D eigenvalue weighted by Crippen LogP contribution is 2.42. The van der Waals surface area contributed by atoms with Crippen molar-refractivity contribution in [2.45, 2.75) is 26.3 Å². The number of carbonyl (C=O) groups excluding carboxylic acids is 1. The lowest BCUT2D eigenvalue weighted by atomic mass is 9.86. The van der Waals surface area contributed by atoms with E-state index < -0.39 is 0 Å². The van der Waals surface area contributed by atoms with Gasteiger partial charge in [0, 0.05) is 47.4 Å². The summed E-state index contributed by atoms with van der Waals surface area (Å²) in [5.74, 6) is 0.242. The molecule has 2 saturated heterocycles. The van der Waals surface area contributed by atoms with Crippen molar-refractivity contribution in [2.75, 3.05) is 24.5 Å². The fourth-order valence-electron chi connectivity index (χ4n) is 3.87. The van der Waals surface area contributed by atoms with E-state index in [0.29, 0.717) is 6.42 Å². The van der Waals surface area contributed by atoms with E-state index in [9.17, 15) is 4.79 Å². The van der Waals surface area contributed by atoms with E-state index in [2.05, 4.69) is 28.9 Å². The summed E-state index contributed by atoms with van der Waals surface area (Å²) in [6, 6.07) is 8.29. The van der Waals surface area contributed by atoms with Gasteiger partial charge in [0.1, 0.15) is 0 Å². The Morgan fingerprint density at radius 3 is 2.96 bits per heavy atom. The van der Waals surface area contributed by atoms with E-state index in [1.54, 1.807) is 12.4 Å². The molecule has 4 rings (SSSR count). The molecule has 1 atom stereocenters. The van der Waals surface area contributed by atoms with Crippen LogP contribution in [-0.2, 0) is 11.3 Å². The predicted octanol–water partition coefficient (Wildman–Crippen LogP) is 3.08. The largest absolute Gasteiger partial charge is 0.310 e. The number of aromatic nitrogens is 1. The Bertz CT molecular complexity index is 714. The summed E-state index contributed by atoms with van der Waals surface area (Å²) in [6.45, 7) is 6.11. The van der Waals surface area contributed by atoms with Crippen LogP contribution < -0.4 is 4.90 Å². The van der Waals surface area contributed by atoms with Crippen LogP contribution in [-0.4, -0.2) is 35.4 Å². The second-order valence-corrected chi connectivity index (χ2v) is 8.21. The molecule has 0 aliphatic carbocycles. The molecular weight excluding hydrogens is 306 g/mol. The van der Waals surface area contributed by atoms with Crippen molar-refractivity contribution in [1.82, 2.24) is 9.88 Å². The summed E-state index contributed by atoms with van der Waals surface area (Å²) in [4.78, 5) is 23.9. The van der Waals surface area contributed by atoms with Crippen molar-refractivity contribution in [3.63, 3.8) is 0 Å². The van der Waals surface area contributed by atoms with Crippen molar-refractivity contribution in [1.29, 1.82) is 0 Å². The highest BCUT2D eigenvalue weighted by Gasteiger charge is 2.47. The molecule has 2 fully saturated rings. The molecule has 0 aromatic carbocycles. The van der Waals surface area contributed by atoms with Gasteiger partial charge in [-0.2, -0.15) is 0 Å². The van der Waals surface area contributed by atoms with Crippen LogP contribution in [0.4, 0.5) is 5.69 Å². The minimum Gasteiger partial charge on any atom is -0.310 e. The molecule has 0 saturated carbocycles. The Morgan fingerprint density at radius 1 is 1.30 bits per heavy atom. The van der Waals surface area contributed by atoms with Crippen LogP contribution in [0.3, 0.4) is 0 Å². The SMILES string of the molecule is Cc1ccc(CN2CCC3(CC(=O)N(c4cccnc4)C3)C2)s1. The van der Waals surface area contributed by atoms with Crippen LogP contribution >= 0.6 is 11.3 Å². The first-order valence-electron chi connectivity index (χ1n) is 8.12. The van der Waals surface area contributed by atoms with E-state index in [1.165, 1.54) is 9.75 Å². The lowest BCUT2D eigenvalue weighted by Crippen LogP contribution is -2.31. The summed E-state index contributed by atoms with van der Waals surface area (Å²) in [7, 11) is 0. The zero-order chi connectivity index (χ0) is 15.9. The van der Waals surface area contributed by atoms with Crippen molar-refractivity contribution < 1.29 is 4.79 Å². The number of rotatable bonds is 3. The normalized spacial score (nSPS) is 24.9.